The van der Waals surface area contributed by atoms with Crippen molar-refractivity contribution in [2.75, 3.05) is 0 Å². The average Bonchev–Trinajstić information content (AvgIpc) is 2.31. The van der Waals surface area contributed by atoms with Gasteiger partial charge in [-0.3, -0.25) is 0 Å². The van der Waals surface area contributed by atoms with Crippen LogP contribution in [0.25, 0.3) is 0 Å². The molecule has 3 atom stereocenters. The van der Waals surface area contributed by atoms with E-state index in [9.17, 15) is 0 Å². The minimum Gasteiger partial charge on any atom is -0.342 e. The SMILES string of the molecule is CC1(C)OC2C=C[C@@H](N)C2O1. The van der Waals surface area contributed by atoms with E-state index in [0.29, 0.717) is 0 Å². The van der Waals surface area contributed by atoms with E-state index in [1.165, 1.54) is 0 Å². The molecule has 0 spiro atoms. The Balaban J connectivity index is 2.15. The van der Waals surface area contributed by atoms with Crippen LogP contribution in [0.3, 0.4) is 0 Å². The van der Waals surface area contributed by atoms with Crippen LogP contribution in [0.4, 0.5) is 0 Å². The fourth-order valence-electron chi connectivity index (χ4n) is 1.61. The van der Waals surface area contributed by atoms with E-state index in [4.69, 9.17) is 15.2 Å². The van der Waals surface area contributed by atoms with Gasteiger partial charge in [-0.1, -0.05) is 12.2 Å². The highest BCUT2D eigenvalue weighted by molar-refractivity contribution is 5.14. The maximum Gasteiger partial charge on any atom is 0.164 e. The van der Waals surface area contributed by atoms with E-state index < -0.39 is 5.79 Å². The van der Waals surface area contributed by atoms with E-state index in [-0.39, 0.29) is 18.2 Å². The molecule has 11 heavy (non-hydrogen) atoms. The Hall–Kier alpha value is -0.380. The second-order valence-electron chi connectivity index (χ2n) is 3.53. The number of nitrogens with two attached hydrogens (primary N) is 1. The lowest BCUT2D eigenvalue weighted by atomic mass is 10.2. The molecule has 0 saturated carbocycles. The van der Waals surface area contributed by atoms with E-state index in [1.54, 1.807) is 0 Å². The van der Waals surface area contributed by atoms with Gasteiger partial charge in [-0.25, -0.2) is 0 Å². The van der Waals surface area contributed by atoms with E-state index in [1.807, 2.05) is 26.0 Å². The van der Waals surface area contributed by atoms with Crippen molar-refractivity contribution in [1.29, 1.82) is 0 Å². The molecule has 62 valence electrons. The molecule has 1 fully saturated rings. The molecule has 1 heterocycles. The number of fused-ring (bicyclic) bond motifs is 1. The summed E-state index contributed by atoms with van der Waals surface area (Å²) in [6, 6.07) is 0.00164. The van der Waals surface area contributed by atoms with Gasteiger partial charge in [-0.05, 0) is 13.8 Å². The van der Waals surface area contributed by atoms with Gasteiger partial charge in [0.25, 0.3) is 0 Å². The summed E-state index contributed by atoms with van der Waals surface area (Å²) in [6.07, 6.45) is 4.01. The van der Waals surface area contributed by atoms with Crippen LogP contribution >= 0.6 is 0 Å². The molecular formula is C8H13NO2. The normalized spacial score (nSPS) is 46.3. The lowest BCUT2D eigenvalue weighted by Crippen LogP contribution is -2.35. The molecule has 1 aliphatic heterocycles. The number of rotatable bonds is 0. The van der Waals surface area contributed by atoms with Crippen molar-refractivity contribution < 1.29 is 9.47 Å². The summed E-state index contributed by atoms with van der Waals surface area (Å²) < 4.78 is 11.1. The first-order chi connectivity index (χ1) is 5.08. The molecule has 0 aromatic rings. The standard InChI is InChI=1S/C8H13NO2/c1-8(2)10-6-4-3-5(9)7(6)11-8/h3-7H,9H2,1-2H3/t5-,6?,7?/m1/s1. The van der Waals surface area contributed by atoms with E-state index in [2.05, 4.69) is 0 Å². The summed E-state index contributed by atoms with van der Waals surface area (Å²) in [5, 5.41) is 0. The molecule has 2 rings (SSSR count). The molecule has 0 aromatic heterocycles. The highest BCUT2D eigenvalue weighted by Gasteiger charge is 2.44. The van der Waals surface area contributed by atoms with Crippen LogP contribution < -0.4 is 5.73 Å². The summed E-state index contributed by atoms with van der Waals surface area (Å²) >= 11 is 0. The molecule has 2 N–H and O–H groups in total. The summed E-state index contributed by atoms with van der Waals surface area (Å²) in [4.78, 5) is 0. The van der Waals surface area contributed by atoms with E-state index in [0.717, 1.165) is 0 Å². The third-order valence-electron chi connectivity index (χ3n) is 2.07. The first kappa shape index (κ1) is 7.28. The van der Waals surface area contributed by atoms with Gasteiger partial charge in [0.05, 0.1) is 6.04 Å². The maximum absolute atomic E-state index is 5.75. The van der Waals surface area contributed by atoms with Crippen LogP contribution in [0.2, 0.25) is 0 Å². The molecule has 1 aliphatic carbocycles. The minimum absolute atomic E-state index is 0.00164. The van der Waals surface area contributed by atoms with Crippen molar-refractivity contribution in [1.82, 2.24) is 0 Å². The van der Waals surface area contributed by atoms with Crippen molar-refractivity contribution in [3.63, 3.8) is 0 Å². The zero-order chi connectivity index (χ0) is 8.06. The predicted octanol–water partition coefficient (Wildman–Crippen LogP) is 0.404. The summed E-state index contributed by atoms with van der Waals surface area (Å²) in [6.45, 7) is 3.82. The molecule has 3 nitrogen and oxygen atoms in total. The highest BCUT2D eigenvalue weighted by Crippen LogP contribution is 2.33. The molecule has 0 bridgehead atoms. The summed E-state index contributed by atoms with van der Waals surface area (Å²) in [5.41, 5.74) is 5.75. The van der Waals surface area contributed by atoms with Crippen molar-refractivity contribution in [3.8, 4) is 0 Å². The van der Waals surface area contributed by atoms with Gasteiger partial charge in [-0.15, -0.1) is 0 Å². The number of hydrogen-bond donors (Lipinski definition) is 1. The smallest absolute Gasteiger partial charge is 0.164 e. The van der Waals surface area contributed by atoms with Gasteiger partial charge < -0.3 is 15.2 Å². The van der Waals surface area contributed by atoms with Crippen LogP contribution in [0.1, 0.15) is 13.8 Å². The quantitative estimate of drug-likeness (QED) is 0.515. The van der Waals surface area contributed by atoms with Gasteiger partial charge >= 0.3 is 0 Å². The molecule has 2 unspecified atom stereocenters. The molecule has 0 amide bonds. The van der Waals surface area contributed by atoms with E-state index >= 15 is 0 Å². The molecule has 1 saturated heterocycles. The van der Waals surface area contributed by atoms with Crippen LogP contribution in [0, 0.1) is 0 Å². The molecule has 0 aromatic carbocycles. The zero-order valence-electron chi connectivity index (χ0n) is 6.78. The number of ether oxygens (including phenoxy) is 2. The third kappa shape index (κ3) is 1.09. The van der Waals surface area contributed by atoms with Crippen LogP contribution in [-0.2, 0) is 9.47 Å². The molecule has 3 heteroatoms. The van der Waals surface area contributed by atoms with Crippen LogP contribution in [0.5, 0.6) is 0 Å². The topological polar surface area (TPSA) is 44.5 Å². The van der Waals surface area contributed by atoms with Crippen molar-refractivity contribution >= 4 is 0 Å². The van der Waals surface area contributed by atoms with Gasteiger partial charge in [0.15, 0.2) is 5.79 Å². The first-order valence-corrected chi connectivity index (χ1v) is 3.88. The van der Waals surface area contributed by atoms with Gasteiger partial charge in [0, 0.05) is 0 Å². The van der Waals surface area contributed by atoms with Gasteiger partial charge in [0.2, 0.25) is 0 Å². The molecule has 2 aliphatic rings. The molecular weight excluding hydrogens is 142 g/mol. The third-order valence-corrected chi connectivity index (χ3v) is 2.07. The van der Waals surface area contributed by atoms with Crippen LogP contribution in [0.15, 0.2) is 12.2 Å². The van der Waals surface area contributed by atoms with Gasteiger partial charge in [0.1, 0.15) is 12.2 Å². The van der Waals surface area contributed by atoms with Crippen molar-refractivity contribution in [2.24, 2.45) is 5.73 Å². The lowest BCUT2D eigenvalue weighted by molar-refractivity contribution is -0.144. The zero-order valence-corrected chi connectivity index (χ0v) is 6.78. The Morgan fingerprint density at radius 1 is 1.27 bits per heavy atom. The molecule has 0 radical (unpaired) electrons. The van der Waals surface area contributed by atoms with Crippen LogP contribution in [-0.4, -0.2) is 24.0 Å². The highest BCUT2D eigenvalue weighted by atomic mass is 16.8. The second-order valence-corrected chi connectivity index (χ2v) is 3.53. The fraction of sp³-hybridized carbons (Fsp3) is 0.750. The Labute approximate surface area is 66.2 Å². The van der Waals surface area contributed by atoms with Crippen molar-refractivity contribution in [3.05, 3.63) is 12.2 Å². The maximum atomic E-state index is 5.75. The Bertz CT molecular complexity index is 200. The van der Waals surface area contributed by atoms with Gasteiger partial charge in [-0.2, -0.15) is 0 Å². The summed E-state index contributed by atoms with van der Waals surface area (Å²) in [5.74, 6) is -0.461. The Morgan fingerprint density at radius 3 is 2.64 bits per heavy atom. The monoisotopic (exact) mass is 155 g/mol. The fourth-order valence-corrected chi connectivity index (χ4v) is 1.61. The Kier molecular flexibility index (Phi) is 1.36. The predicted molar refractivity (Wildman–Crippen MR) is 40.9 cm³/mol. The first-order valence-electron chi connectivity index (χ1n) is 3.88. The summed E-state index contributed by atoms with van der Waals surface area (Å²) in [7, 11) is 0. The largest absolute Gasteiger partial charge is 0.342 e. The average molecular weight is 155 g/mol. The minimum atomic E-state index is -0.461. The second kappa shape index (κ2) is 2.06. The Morgan fingerprint density at radius 2 is 2.00 bits per heavy atom. The van der Waals surface area contributed by atoms with Crippen molar-refractivity contribution in [2.45, 2.75) is 37.9 Å². The number of hydrogen-bond acceptors (Lipinski definition) is 3. The lowest BCUT2D eigenvalue weighted by Gasteiger charge is -2.18.